The molecule has 0 aromatic rings. The fourth-order valence-corrected chi connectivity index (χ4v) is 5.45. The van der Waals surface area contributed by atoms with Crippen LogP contribution in [0.1, 0.15) is 120 Å². The fourth-order valence-electron chi connectivity index (χ4n) is 5.45. The molecule has 0 heterocycles. The zero-order valence-electron chi connectivity index (χ0n) is 27.4. The van der Waals surface area contributed by atoms with Crippen molar-refractivity contribution < 1.29 is 19.1 Å². The minimum absolute atomic E-state index is 0.196. The van der Waals surface area contributed by atoms with Gasteiger partial charge in [0.05, 0.1) is 13.0 Å². The first-order valence-electron chi connectivity index (χ1n) is 15.4. The second-order valence-electron chi connectivity index (χ2n) is 12.4. The molecule has 1 rings (SSSR count). The molecule has 0 aromatic carbocycles. The van der Waals surface area contributed by atoms with E-state index in [1.54, 1.807) is 0 Å². The summed E-state index contributed by atoms with van der Waals surface area (Å²) < 4.78 is 5.12. The molecule has 0 saturated heterocycles. The van der Waals surface area contributed by atoms with E-state index in [0.29, 0.717) is 12.8 Å². The molecule has 228 valence electrons. The molecule has 0 saturated carbocycles. The van der Waals surface area contributed by atoms with E-state index in [-0.39, 0.29) is 5.92 Å². The topological polar surface area (TPSA) is 60.4 Å². The Morgan fingerprint density at radius 1 is 0.732 bits per heavy atom. The first-order chi connectivity index (χ1) is 19.3. The number of esters is 1. The van der Waals surface area contributed by atoms with E-state index < -0.39 is 29.4 Å². The second-order valence-corrected chi connectivity index (χ2v) is 12.4. The van der Waals surface area contributed by atoms with Gasteiger partial charge in [-0.2, -0.15) is 0 Å². The summed E-state index contributed by atoms with van der Waals surface area (Å²) in [4.78, 5) is 38.1. The van der Waals surface area contributed by atoms with E-state index in [1.807, 2.05) is 0 Å². The van der Waals surface area contributed by atoms with Crippen LogP contribution in [0.25, 0.3) is 0 Å². The van der Waals surface area contributed by atoms with Crippen LogP contribution in [0.15, 0.2) is 69.9 Å². The van der Waals surface area contributed by atoms with E-state index in [2.05, 4.69) is 84.9 Å². The highest BCUT2D eigenvalue weighted by Gasteiger charge is 2.43. The Labute approximate surface area is 250 Å². The van der Waals surface area contributed by atoms with Gasteiger partial charge in [-0.15, -0.1) is 0 Å². The quantitative estimate of drug-likeness (QED) is 0.100. The van der Waals surface area contributed by atoms with Crippen LogP contribution in [-0.4, -0.2) is 24.6 Å². The zero-order chi connectivity index (χ0) is 30.9. The van der Waals surface area contributed by atoms with Crippen LogP contribution in [0.2, 0.25) is 0 Å². The zero-order valence-corrected chi connectivity index (χ0v) is 27.4. The van der Waals surface area contributed by atoms with Gasteiger partial charge in [0.15, 0.2) is 5.78 Å². The van der Waals surface area contributed by atoms with E-state index >= 15 is 0 Å². The summed E-state index contributed by atoms with van der Waals surface area (Å²) >= 11 is 0. The van der Waals surface area contributed by atoms with Gasteiger partial charge in [-0.05, 0) is 119 Å². The van der Waals surface area contributed by atoms with Gasteiger partial charge in [-0.1, -0.05) is 69.9 Å². The Kier molecular flexibility index (Phi) is 17.2. The van der Waals surface area contributed by atoms with E-state index in [0.717, 1.165) is 51.4 Å². The molecule has 3 atom stereocenters. The average molecular weight is 565 g/mol. The number of carbonyl (C=O) groups is 3. The first kappa shape index (κ1) is 36.3. The second kappa shape index (κ2) is 19.4. The van der Waals surface area contributed by atoms with Crippen LogP contribution in [0.4, 0.5) is 0 Å². The van der Waals surface area contributed by atoms with Gasteiger partial charge in [0.1, 0.15) is 0 Å². The molecule has 0 N–H and O–H groups in total. The number of carbonyl (C=O) groups excluding carboxylic acids is 3. The molecular weight excluding hydrogens is 508 g/mol. The van der Waals surface area contributed by atoms with E-state index in [1.165, 1.54) is 47.5 Å². The van der Waals surface area contributed by atoms with E-state index in [9.17, 15) is 14.4 Å². The summed E-state index contributed by atoms with van der Waals surface area (Å²) in [5.41, 5.74) is 7.90. The lowest BCUT2D eigenvalue weighted by Crippen LogP contribution is -2.40. The number of methoxy groups -OCH3 is 1. The van der Waals surface area contributed by atoms with Gasteiger partial charge < -0.3 is 4.74 Å². The lowest BCUT2D eigenvalue weighted by Gasteiger charge is -2.34. The molecule has 3 unspecified atom stereocenters. The number of rotatable bonds is 17. The predicted octanol–water partition coefficient (Wildman–Crippen LogP) is 9.78. The third-order valence-corrected chi connectivity index (χ3v) is 7.89. The summed E-state index contributed by atoms with van der Waals surface area (Å²) in [5, 5.41) is 0. The Morgan fingerprint density at radius 2 is 1.22 bits per heavy atom. The van der Waals surface area contributed by atoms with Crippen molar-refractivity contribution in [2.45, 2.75) is 120 Å². The minimum Gasteiger partial charge on any atom is -0.469 e. The lowest BCUT2D eigenvalue weighted by atomic mass is 9.68. The largest absolute Gasteiger partial charge is 0.469 e. The number of hydrogen-bond acceptors (Lipinski definition) is 4. The van der Waals surface area contributed by atoms with Crippen LogP contribution in [-0.2, 0) is 19.1 Å². The van der Waals surface area contributed by atoms with E-state index in [4.69, 9.17) is 4.74 Å². The van der Waals surface area contributed by atoms with Crippen molar-refractivity contribution in [3.63, 3.8) is 0 Å². The smallest absolute Gasteiger partial charge is 0.309 e. The Balaban J connectivity index is 3.05. The van der Waals surface area contributed by atoms with Gasteiger partial charge >= 0.3 is 5.97 Å². The van der Waals surface area contributed by atoms with Crippen molar-refractivity contribution in [1.82, 2.24) is 0 Å². The summed E-state index contributed by atoms with van der Waals surface area (Å²) in [6.07, 6.45) is 22.5. The molecule has 4 heteroatoms. The number of allylic oxidation sites excluding steroid dienone is 12. The highest BCUT2D eigenvalue weighted by molar-refractivity contribution is 6.37. The minimum atomic E-state index is -0.675. The SMILES string of the molecule is COC(=O)C1CC(CC/C=C(\C)CCC=C(C)C)=CC(C/C=C(\C)CC/C=C(/C)CCC=C(C)C)C1C(=O)C(C)=O. The molecule has 0 bridgehead atoms. The Morgan fingerprint density at radius 3 is 1.71 bits per heavy atom. The van der Waals surface area contributed by atoms with Crippen LogP contribution in [0.3, 0.4) is 0 Å². The molecule has 0 fully saturated rings. The summed E-state index contributed by atoms with van der Waals surface area (Å²) in [6.45, 7) is 16.3. The fraction of sp³-hybridized carbons (Fsp3) is 0.595. The predicted molar refractivity (Wildman–Crippen MR) is 173 cm³/mol. The maximum atomic E-state index is 13.1. The number of hydrogen-bond donors (Lipinski definition) is 0. The lowest BCUT2D eigenvalue weighted by molar-refractivity contribution is -0.152. The molecular formula is C37H56O4. The third kappa shape index (κ3) is 14.6. The molecule has 4 nitrogen and oxygen atoms in total. The summed E-state index contributed by atoms with van der Waals surface area (Å²) in [5.74, 6) is -2.84. The van der Waals surface area contributed by atoms with Gasteiger partial charge in [0.2, 0.25) is 5.78 Å². The van der Waals surface area contributed by atoms with Crippen molar-refractivity contribution in [3.05, 3.63) is 69.9 Å². The Hall–Kier alpha value is -2.75. The monoisotopic (exact) mass is 564 g/mol. The van der Waals surface area contributed by atoms with Crippen LogP contribution < -0.4 is 0 Å². The molecule has 41 heavy (non-hydrogen) atoms. The highest BCUT2D eigenvalue weighted by Crippen LogP contribution is 2.39. The first-order valence-corrected chi connectivity index (χ1v) is 15.4. The molecule has 0 radical (unpaired) electrons. The normalized spacial score (nSPS) is 19.8. The van der Waals surface area contributed by atoms with Gasteiger partial charge in [-0.25, -0.2) is 0 Å². The molecule has 1 aliphatic carbocycles. The van der Waals surface area contributed by atoms with Crippen molar-refractivity contribution in [1.29, 1.82) is 0 Å². The molecule has 0 spiro atoms. The van der Waals surface area contributed by atoms with Crippen LogP contribution >= 0.6 is 0 Å². The van der Waals surface area contributed by atoms with Crippen LogP contribution in [0, 0.1) is 17.8 Å². The van der Waals surface area contributed by atoms with Gasteiger partial charge in [-0.3, -0.25) is 14.4 Å². The molecule has 0 amide bonds. The maximum absolute atomic E-state index is 13.1. The van der Waals surface area contributed by atoms with Crippen molar-refractivity contribution >= 4 is 17.5 Å². The summed E-state index contributed by atoms with van der Waals surface area (Å²) in [6, 6.07) is 0. The number of ether oxygens (including phenoxy) is 1. The molecule has 0 aromatic heterocycles. The molecule has 0 aliphatic heterocycles. The molecule has 1 aliphatic rings. The Bertz CT molecular complexity index is 1070. The maximum Gasteiger partial charge on any atom is 0.309 e. The van der Waals surface area contributed by atoms with Crippen molar-refractivity contribution in [2.75, 3.05) is 7.11 Å². The summed E-state index contributed by atoms with van der Waals surface area (Å²) in [7, 11) is 1.36. The number of Topliss-reactive ketones (excluding diaryl/α,β-unsaturated/α-hetero) is 2. The standard InChI is InChI=1S/C37H56O4/c1-26(2)14-10-16-28(5)18-12-19-30(7)22-23-33-24-32(21-13-20-29(6)17-11-15-27(3)4)25-34(37(40)41-9)35(33)36(39)31(8)38/h14-15,18,20,22,24,33-35H,10-13,16-17,19,21,23,25H2,1-9H3/b28-18-,29-20+,30-22+. The third-order valence-electron chi connectivity index (χ3n) is 7.89. The average Bonchev–Trinajstić information content (AvgIpc) is 2.90. The van der Waals surface area contributed by atoms with Crippen molar-refractivity contribution in [2.24, 2.45) is 17.8 Å². The number of ketones is 2. The van der Waals surface area contributed by atoms with Gasteiger partial charge in [0.25, 0.3) is 0 Å². The highest BCUT2D eigenvalue weighted by atomic mass is 16.5. The van der Waals surface area contributed by atoms with Crippen molar-refractivity contribution in [3.8, 4) is 0 Å². The van der Waals surface area contributed by atoms with Gasteiger partial charge in [0, 0.05) is 12.8 Å². The van der Waals surface area contributed by atoms with Crippen LogP contribution in [0.5, 0.6) is 0 Å².